The smallest absolute Gasteiger partial charge is 0.239 e. The van der Waals surface area contributed by atoms with Crippen molar-refractivity contribution in [2.45, 2.75) is 38.6 Å². The van der Waals surface area contributed by atoms with Gasteiger partial charge in [-0.15, -0.1) is 0 Å². The number of hydrogen-bond donors (Lipinski definition) is 2. The lowest BCUT2D eigenvalue weighted by atomic mass is 10.1. The summed E-state index contributed by atoms with van der Waals surface area (Å²) in [6.45, 7) is 6.36. The zero-order valence-electron chi connectivity index (χ0n) is 17.4. The van der Waals surface area contributed by atoms with Crippen molar-refractivity contribution in [2.24, 2.45) is 4.99 Å². The zero-order chi connectivity index (χ0) is 20.4. The van der Waals surface area contributed by atoms with E-state index in [1.54, 1.807) is 4.90 Å². The predicted octanol–water partition coefficient (Wildman–Crippen LogP) is 2.38. The van der Waals surface area contributed by atoms with Gasteiger partial charge >= 0.3 is 0 Å². The molecular formula is C21H34ClN5O. The highest BCUT2D eigenvalue weighted by atomic mass is 35.5. The number of halogens is 1. The van der Waals surface area contributed by atoms with E-state index in [9.17, 15) is 4.79 Å². The molecule has 6 nitrogen and oxygen atoms in total. The van der Waals surface area contributed by atoms with Gasteiger partial charge in [0.15, 0.2) is 5.96 Å². The van der Waals surface area contributed by atoms with E-state index in [1.165, 1.54) is 5.56 Å². The third-order valence-electron chi connectivity index (χ3n) is 4.90. The van der Waals surface area contributed by atoms with E-state index in [2.05, 4.69) is 33.5 Å². The first kappa shape index (κ1) is 22.5. The highest BCUT2D eigenvalue weighted by Gasteiger charge is 2.30. The Hall–Kier alpha value is -1.79. The summed E-state index contributed by atoms with van der Waals surface area (Å²) in [4.78, 5) is 20.9. The van der Waals surface area contributed by atoms with E-state index < -0.39 is 0 Å². The van der Waals surface area contributed by atoms with E-state index in [0.29, 0.717) is 0 Å². The summed E-state index contributed by atoms with van der Waals surface area (Å²) in [6, 6.07) is 7.99. The Morgan fingerprint density at radius 2 is 2.18 bits per heavy atom. The molecule has 1 amide bonds. The van der Waals surface area contributed by atoms with E-state index >= 15 is 0 Å². The highest BCUT2D eigenvalue weighted by molar-refractivity contribution is 6.30. The SMILES string of the molecule is CCNC(=NCCCN1CCCC1C(=O)N(C)C)NCCc1cccc(Cl)c1. The number of carbonyl (C=O) groups is 1. The molecule has 1 saturated heterocycles. The number of likely N-dealkylation sites (N-methyl/N-ethyl adjacent to an activating group) is 1. The number of benzene rings is 1. The number of amides is 1. The summed E-state index contributed by atoms with van der Waals surface area (Å²) < 4.78 is 0. The molecule has 0 bridgehead atoms. The Bertz CT molecular complexity index is 649. The molecule has 0 radical (unpaired) electrons. The lowest BCUT2D eigenvalue weighted by Gasteiger charge is -2.25. The highest BCUT2D eigenvalue weighted by Crippen LogP contribution is 2.18. The molecule has 0 aliphatic carbocycles. The maximum Gasteiger partial charge on any atom is 0.239 e. The summed E-state index contributed by atoms with van der Waals surface area (Å²) in [5, 5.41) is 7.44. The molecule has 2 N–H and O–H groups in total. The topological polar surface area (TPSA) is 60.0 Å². The molecule has 1 atom stereocenters. The lowest BCUT2D eigenvalue weighted by molar-refractivity contribution is -0.133. The lowest BCUT2D eigenvalue weighted by Crippen LogP contribution is -2.43. The second kappa shape index (κ2) is 11.9. The first-order chi connectivity index (χ1) is 13.5. The van der Waals surface area contributed by atoms with Crippen LogP contribution in [0.4, 0.5) is 0 Å². The fourth-order valence-corrected chi connectivity index (χ4v) is 3.71. The van der Waals surface area contributed by atoms with Crippen molar-refractivity contribution in [2.75, 3.05) is 46.8 Å². The summed E-state index contributed by atoms with van der Waals surface area (Å²) in [5.74, 6) is 1.06. The van der Waals surface area contributed by atoms with Crippen LogP contribution < -0.4 is 10.6 Å². The average molecular weight is 408 g/mol. The van der Waals surface area contributed by atoms with Crippen LogP contribution in [0.2, 0.25) is 5.02 Å². The number of carbonyl (C=O) groups excluding carboxylic acids is 1. The van der Waals surface area contributed by atoms with Crippen molar-refractivity contribution in [3.8, 4) is 0 Å². The molecule has 156 valence electrons. The van der Waals surface area contributed by atoms with Gasteiger partial charge in [0.1, 0.15) is 0 Å². The van der Waals surface area contributed by atoms with Crippen molar-refractivity contribution in [3.63, 3.8) is 0 Å². The monoisotopic (exact) mass is 407 g/mol. The van der Waals surface area contributed by atoms with E-state index in [4.69, 9.17) is 11.6 Å². The number of likely N-dealkylation sites (tertiary alicyclic amines) is 1. The second-order valence-corrected chi connectivity index (χ2v) is 7.78. The summed E-state index contributed by atoms with van der Waals surface area (Å²) >= 11 is 6.04. The van der Waals surface area contributed by atoms with Gasteiger partial charge in [-0.25, -0.2) is 0 Å². The first-order valence-electron chi connectivity index (χ1n) is 10.2. The zero-order valence-corrected chi connectivity index (χ0v) is 18.1. The molecule has 1 aliphatic rings. The first-order valence-corrected chi connectivity index (χ1v) is 10.6. The quantitative estimate of drug-likeness (QED) is 0.375. The van der Waals surface area contributed by atoms with Crippen LogP contribution >= 0.6 is 11.6 Å². The largest absolute Gasteiger partial charge is 0.357 e. The van der Waals surface area contributed by atoms with Crippen molar-refractivity contribution in [3.05, 3.63) is 34.9 Å². The van der Waals surface area contributed by atoms with Gasteiger partial charge in [0.05, 0.1) is 6.04 Å². The molecule has 2 rings (SSSR count). The van der Waals surface area contributed by atoms with Gasteiger partial charge in [-0.1, -0.05) is 23.7 Å². The molecule has 0 spiro atoms. The average Bonchev–Trinajstić information content (AvgIpc) is 3.13. The maximum atomic E-state index is 12.3. The summed E-state index contributed by atoms with van der Waals surface area (Å²) in [6.07, 6.45) is 3.91. The number of aliphatic imine (C=N–C) groups is 1. The van der Waals surface area contributed by atoms with Crippen molar-refractivity contribution in [1.29, 1.82) is 0 Å². The number of hydrogen-bond acceptors (Lipinski definition) is 3. The minimum Gasteiger partial charge on any atom is -0.357 e. The molecule has 1 heterocycles. The van der Waals surface area contributed by atoms with Crippen LogP contribution in [0.15, 0.2) is 29.3 Å². The molecule has 28 heavy (non-hydrogen) atoms. The number of rotatable bonds is 9. The Kier molecular flexibility index (Phi) is 9.58. The molecule has 1 fully saturated rings. The molecule has 7 heteroatoms. The van der Waals surface area contributed by atoms with E-state index in [1.807, 2.05) is 32.3 Å². The van der Waals surface area contributed by atoms with Gasteiger partial charge in [-0.3, -0.25) is 14.7 Å². The van der Waals surface area contributed by atoms with Crippen LogP contribution in [-0.2, 0) is 11.2 Å². The van der Waals surface area contributed by atoms with Crippen molar-refractivity contribution >= 4 is 23.5 Å². The summed E-state index contributed by atoms with van der Waals surface area (Å²) in [7, 11) is 3.67. The molecule has 1 aromatic rings. The Morgan fingerprint density at radius 3 is 2.89 bits per heavy atom. The number of nitrogens with one attached hydrogen (secondary N) is 2. The third-order valence-corrected chi connectivity index (χ3v) is 5.14. The molecule has 0 aromatic heterocycles. The Morgan fingerprint density at radius 1 is 1.36 bits per heavy atom. The molecule has 1 aromatic carbocycles. The van der Waals surface area contributed by atoms with Crippen LogP contribution in [0.1, 0.15) is 31.7 Å². The van der Waals surface area contributed by atoms with Crippen LogP contribution in [0.25, 0.3) is 0 Å². The van der Waals surface area contributed by atoms with Gasteiger partial charge in [-0.05, 0) is 56.8 Å². The van der Waals surface area contributed by atoms with Gasteiger partial charge in [-0.2, -0.15) is 0 Å². The van der Waals surface area contributed by atoms with Crippen LogP contribution in [0, 0.1) is 0 Å². The molecular weight excluding hydrogens is 374 g/mol. The number of nitrogens with zero attached hydrogens (tertiary/aromatic N) is 3. The maximum absolute atomic E-state index is 12.3. The second-order valence-electron chi connectivity index (χ2n) is 7.35. The van der Waals surface area contributed by atoms with Crippen LogP contribution in [-0.4, -0.2) is 74.5 Å². The molecule has 0 saturated carbocycles. The van der Waals surface area contributed by atoms with Crippen molar-refractivity contribution in [1.82, 2.24) is 20.4 Å². The van der Waals surface area contributed by atoms with Gasteiger partial charge in [0.2, 0.25) is 5.91 Å². The minimum atomic E-state index is 0.0445. The normalized spacial score (nSPS) is 17.6. The van der Waals surface area contributed by atoms with Crippen LogP contribution in [0.3, 0.4) is 0 Å². The molecule has 1 unspecified atom stereocenters. The molecule has 1 aliphatic heterocycles. The van der Waals surface area contributed by atoms with Crippen LogP contribution in [0.5, 0.6) is 0 Å². The third kappa shape index (κ3) is 7.32. The number of guanidine groups is 1. The fraction of sp³-hybridized carbons (Fsp3) is 0.619. The fourth-order valence-electron chi connectivity index (χ4n) is 3.50. The van der Waals surface area contributed by atoms with E-state index in [0.717, 1.165) is 69.4 Å². The standard InChI is InChI=1S/C21H34ClN5O/c1-4-23-21(25-13-11-17-8-5-9-18(22)16-17)24-12-7-15-27-14-6-10-19(27)20(28)26(2)3/h5,8-9,16,19H,4,6-7,10-15H2,1-3H3,(H2,23,24,25). The van der Waals surface area contributed by atoms with Gasteiger partial charge in [0.25, 0.3) is 0 Å². The van der Waals surface area contributed by atoms with Crippen molar-refractivity contribution < 1.29 is 4.79 Å². The Balaban J connectivity index is 1.75. The van der Waals surface area contributed by atoms with E-state index in [-0.39, 0.29) is 11.9 Å². The van der Waals surface area contributed by atoms with Gasteiger partial charge < -0.3 is 15.5 Å². The minimum absolute atomic E-state index is 0.0445. The predicted molar refractivity (Wildman–Crippen MR) is 117 cm³/mol. The summed E-state index contributed by atoms with van der Waals surface area (Å²) in [5.41, 5.74) is 1.21. The van der Waals surface area contributed by atoms with Gasteiger partial charge in [0, 0.05) is 45.3 Å². The Labute approximate surface area is 174 Å².